The molecular formula is C13H13N7O. The Labute approximate surface area is 120 Å². The van der Waals surface area contributed by atoms with Gasteiger partial charge >= 0.3 is 0 Å². The van der Waals surface area contributed by atoms with Crippen LogP contribution in [0.3, 0.4) is 0 Å². The van der Waals surface area contributed by atoms with Crippen LogP contribution >= 0.6 is 0 Å². The van der Waals surface area contributed by atoms with Gasteiger partial charge in [0.2, 0.25) is 5.95 Å². The van der Waals surface area contributed by atoms with Crippen LogP contribution in [-0.4, -0.2) is 27.0 Å². The van der Waals surface area contributed by atoms with Crippen molar-refractivity contribution in [2.75, 3.05) is 24.3 Å². The molecule has 0 saturated heterocycles. The van der Waals surface area contributed by atoms with E-state index in [2.05, 4.69) is 19.9 Å². The fourth-order valence-electron chi connectivity index (χ4n) is 1.96. The number of fused-ring (bicyclic) bond motifs is 1. The second-order valence-corrected chi connectivity index (χ2v) is 4.33. The summed E-state index contributed by atoms with van der Waals surface area (Å²) in [5, 5.41) is 0. The lowest BCUT2D eigenvalue weighted by molar-refractivity contribution is 0.415. The second kappa shape index (κ2) is 4.75. The average molecular weight is 283 g/mol. The van der Waals surface area contributed by atoms with Crippen LogP contribution in [0.1, 0.15) is 0 Å². The number of aromatic nitrogens is 4. The maximum absolute atomic E-state index is 5.94. The molecule has 0 saturated carbocycles. The van der Waals surface area contributed by atoms with Crippen LogP contribution in [-0.2, 0) is 0 Å². The molecule has 0 radical (unpaired) electrons. The first-order valence-corrected chi connectivity index (χ1v) is 6.09. The summed E-state index contributed by atoms with van der Waals surface area (Å²) in [6, 6.07) is 7.28. The van der Waals surface area contributed by atoms with Gasteiger partial charge in [0.25, 0.3) is 0 Å². The van der Waals surface area contributed by atoms with E-state index in [4.69, 9.17) is 21.9 Å². The van der Waals surface area contributed by atoms with Crippen molar-refractivity contribution in [3.8, 4) is 17.0 Å². The molecule has 0 aliphatic carbocycles. The zero-order chi connectivity index (χ0) is 15.0. The number of ether oxygens (including phenoxy) is 1. The van der Waals surface area contributed by atoms with Crippen molar-refractivity contribution in [3.63, 3.8) is 0 Å². The number of rotatable bonds is 2. The van der Waals surface area contributed by atoms with Gasteiger partial charge in [-0.05, 0) is 24.3 Å². The van der Waals surface area contributed by atoms with Crippen molar-refractivity contribution >= 4 is 28.7 Å². The molecule has 8 heteroatoms. The van der Waals surface area contributed by atoms with Crippen molar-refractivity contribution < 1.29 is 4.74 Å². The molecule has 0 aliphatic rings. The fourth-order valence-corrected chi connectivity index (χ4v) is 1.96. The van der Waals surface area contributed by atoms with E-state index in [-0.39, 0.29) is 23.2 Å². The van der Waals surface area contributed by atoms with Gasteiger partial charge in [0, 0.05) is 5.56 Å². The minimum absolute atomic E-state index is 0.0332. The summed E-state index contributed by atoms with van der Waals surface area (Å²) in [7, 11) is 1.60. The molecule has 0 aliphatic heterocycles. The highest BCUT2D eigenvalue weighted by molar-refractivity contribution is 5.87. The van der Waals surface area contributed by atoms with Gasteiger partial charge in [0.15, 0.2) is 22.8 Å². The Morgan fingerprint density at radius 2 is 1.57 bits per heavy atom. The lowest BCUT2D eigenvalue weighted by Crippen LogP contribution is -2.06. The number of benzene rings is 1. The first-order valence-electron chi connectivity index (χ1n) is 6.09. The number of hydrogen-bond donors (Lipinski definition) is 3. The molecule has 0 bridgehead atoms. The lowest BCUT2D eigenvalue weighted by atomic mass is 10.1. The molecule has 0 unspecified atom stereocenters. The summed E-state index contributed by atoms with van der Waals surface area (Å²) in [6.07, 6.45) is 0. The molecule has 6 N–H and O–H groups in total. The number of nitrogen functional groups attached to an aromatic ring is 3. The molecule has 0 amide bonds. The van der Waals surface area contributed by atoms with Gasteiger partial charge in [-0.1, -0.05) is 0 Å². The topological polar surface area (TPSA) is 139 Å². The Morgan fingerprint density at radius 3 is 2.24 bits per heavy atom. The molecular weight excluding hydrogens is 270 g/mol. The molecule has 0 spiro atoms. The van der Waals surface area contributed by atoms with Gasteiger partial charge in [-0.2, -0.15) is 9.97 Å². The van der Waals surface area contributed by atoms with Crippen LogP contribution in [0.15, 0.2) is 24.3 Å². The highest BCUT2D eigenvalue weighted by atomic mass is 16.5. The Morgan fingerprint density at radius 1 is 0.857 bits per heavy atom. The van der Waals surface area contributed by atoms with Crippen molar-refractivity contribution in [2.45, 2.75) is 0 Å². The second-order valence-electron chi connectivity index (χ2n) is 4.33. The number of nitrogens with zero attached hydrogens (tertiary/aromatic N) is 4. The first kappa shape index (κ1) is 12.9. The Kier molecular flexibility index (Phi) is 2.90. The fraction of sp³-hybridized carbons (Fsp3) is 0.0769. The first-order chi connectivity index (χ1) is 10.1. The van der Waals surface area contributed by atoms with E-state index in [1.54, 1.807) is 7.11 Å². The van der Waals surface area contributed by atoms with Gasteiger partial charge in [-0.25, -0.2) is 9.97 Å². The summed E-state index contributed by atoms with van der Waals surface area (Å²) >= 11 is 0. The van der Waals surface area contributed by atoms with Crippen molar-refractivity contribution in [2.24, 2.45) is 0 Å². The number of anilines is 3. The van der Waals surface area contributed by atoms with E-state index in [0.717, 1.165) is 11.3 Å². The number of methoxy groups -OCH3 is 1. The minimum Gasteiger partial charge on any atom is -0.497 e. The van der Waals surface area contributed by atoms with Crippen LogP contribution in [0.25, 0.3) is 22.4 Å². The molecule has 21 heavy (non-hydrogen) atoms. The normalized spacial score (nSPS) is 10.7. The summed E-state index contributed by atoms with van der Waals surface area (Å²) < 4.78 is 5.12. The van der Waals surface area contributed by atoms with Crippen LogP contribution in [0.2, 0.25) is 0 Å². The Balaban J connectivity index is 2.20. The standard InChI is InChI=1S/C13H13N7O/c1-21-7-4-2-6(3-5-7)8-10(14)18-12-9(17-8)11(15)19-13(16)20-12/h2-5H,1H3,(H6,14,15,16,18,19,20). The molecule has 106 valence electrons. The monoisotopic (exact) mass is 283 g/mol. The molecule has 3 rings (SSSR count). The van der Waals surface area contributed by atoms with E-state index in [9.17, 15) is 0 Å². The van der Waals surface area contributed by atoms with Gasteiger partial charge in [-0.3, -0.25) is 0 Å². The zero-order valence-corrected chi connectivity index (χ0v) is 11.2. The summed E-state index contributed by atoms with van der Waals surface area (Å²) in [5.41, 5.74) is 19.2. The number of nitrogens with two attached hydrogens (primary N) is 3. The van der Waals surface area contributed by atoms with E-state index in [1.807, 2.05) is 24.3 Å². The predicted molar refractivity (Wildman–Crippen MR) is 80.4 cm³/mol. The van der Waals surface area contributed by atoms with Gasteiger partial charge < -0.3 is 21.9 Å². The smallest absolute Gasteiger partial charge is 0.224 e. The van der Waals surface area contributed by atoms with Crippen LogP contribution < -0.4 is 21.9 Å². The van der Waals surface area contributed by atoms with E-state index < -0.39 is 0 Å². The van der Waals surface area contributed by atoms with Crippen LogP contribution in [0.5, 0.6) is 5.75 Å². The zero-order valence-electron chi connectivity index (χ0n) is 11.2. The van der Waals surface area contributed by atoms with Gasteiger partial charge in [0.05, 0.1) is 7.11 Å². The highest BCUT2D eigenvalue weighted by Crippen LogP contribution is 2.27. The van der Waals surface area contributed by atoms with Crippen molar-refractivity contribution in [3.05, 3.63) is 24.3 Å². The largest absolute Gasteiger partial charge is 0.497 e. The Bertz CT molecular complexity index is 817. The van der Waals surface area contributed by atoms with Crippen molar-refractivity contribution in [1.82, 2.24) is 19.9 Å². The minimum atomic E-state index is 0.0332. The Hall–Kier alpha value is -3.16. The lowest BCUT2D eigenvalue weighted by Gasteiger charge is -2.08. The molecule has 0 fully saturated rings. The van der Waals surface area contributed by atoms with Crippen molar-refractivity contribution in [1.29, 1.82) is 0 Å². The third-order valence-corrected chi connectivity index (χ3v) is 2.97. The highest BCUT2D eigenvalue weighted by Gasteiger charge is 2.13. The molecule has 2 heterocycles. The molecule has 2 aromatic heterocycles. The average Bonchev–Trinajstić information content (AvgIpc) is 2.46. The molecule has 8 nitrogen and oxygen atoms in total. The summed E-state index contributed by atoms with van der Waals surface area (Å²) in [6.45, 7) is 0. The quantitative estimate of drug-likeness (QED) is 0.628. The predicted octanol–water partition coefficient (Wildman–Crippen LogP) is 0.842. The third kappa shape index (κ3) is 2.22. The number of hydrogen-bond acceptors (Lipinski definition) is 8. The summed E-state index contributed by atoms with van der Waals surface area (Å²) in [5.74, 6) is 1.18. The summed E-state index contributed by atoms with van der Waals surface area (Å²) in [4.78, 5) is 16.4. The van der Waals surface area contributed by atoms with Crippen LogP contribution in [0.4, 0.5) is 17.6 Å². The van der Waals surface area contributed by atoms with Gasteiger partial charge in [-0.15, -0.1) is 0 Å². The van der Waals surface area contributed by atoms with Crippen LogP contribution in [0, 0.1) is 0 Å². The van der Waals surface area contributed by atoms with E-state index >= 15 is 0 Å². The maximum Gasteiger partial charge on any atom is 0.224 e. The molecule has 3 aromatic rings. The molecule has 0 atom stereocenters. The van der Waals surface area contributed by atoms with E-state index in [1.165, 1.54) is 0 Å². The maximum atomic E-state index is 5.94. The van der Waals surface area contributed by atoms with E-state index in [0.29, 0.717) is 11.2 Å². The molecule has 1 aromatic carbocycles. The third-order valence-electron chi connectivity index (χ3n) is 2.97. The van der Waals surface area contributed by atoms with Gasteiger partial charge in [0.1, 0.15) is 11.4 Å². The SMILES string of the molecule is COc1ccc(-c2nc3c(N)nc(N)nc3nc2N)cc1.